The maximum absolute atomic E-state index is 6.12. The molecule has 0 bridgehead atoms. The number of fused-ring (bicyclic) bond motifs is 1. The van der Waals surface area contributed by atoms with E-state index in [4.69, 9.17) is 23.2 Å². The number of anilines is 1. The molecule has 2 rings (SSSR count). The number of halogens is 2. The van der Waals surface area contributed by atoms with Gasteiger partial charge in [-0.1, -0.05) is 23.2 Å². The summed E-state index contributed by atoms with van der Waals surface area (Å²) < 4.78 is 0. The molecular weight excluding hydrogens is 243 g/mol. The summed E-state index contributed by atoms with van der Waals surface area (Å²) in [5, 5.41) is 5.39. The minimum Gasteiger partial charge on any atom is -0.370 e. The van der Waals surface area contributed by atoms with E-state index in [-0.39, 0.29) is 0 Å². The molecule has 0 amide bonds. The second-order valence-electron chi connectivity index (χ2n) is 3.64. The standard InChI is InChI=1S/C12H12Cl2N2/c1-3-15-12-7(2)4-9-10(14)5-8(13)6-11(9)16-12/h4-6H,3H2,1-2H3,(H,15,16). The van der Waals surface area contributed by atoms with Crippen molar-refractivity contribution in [2.45, 2.75) is 13.8 Å². The van der Waals surface area contributed by atoms with Crippen LogP contribution in [0.1, 0.15) is 12.5 Å². The van der Waals surface area contributed by atoms with Crippen LogP contribution in [-0.2, 0) is 0 Å². The number of nitrogens with zero attached hydrogens (tertiary/aromatic N) is 1. The Morgan fingerprint density at radius 2 is 2.00 bits per heavy atom. The first-order valence-corrected chi connectivity index (χ1v) is 5.87. The Labute approximate surface area is 105 Å². The molecule has 0 aliphatic carbocycles. The fourth-order valence-corrected chi connectivity index (χ4v) is 2.18. The molecule has 1 N–H and O–H groups in total. The smallest absolute Gasteiger partial charge is 0.129 e. The first-order valence-electron chi connectivity index (χ1n) is 5.12. The quantitative estimate of drug-likeness (QED) is 0.866. The van der Waals surface area contributed by atoms with Crippen molar-refractivity contribution in [2.75, 3.05) is 11.9 Å². The molecule has 0 aliphatic rings. The van der Waals surface area contributed by atoms with Gasteiger partial charge in [-0.3, -0.25) is 0 Å². The number of hydrogen-bond acceptors (Lipinski definition) is 2. The third-order valence-corrected chi connectivity index (χ3v) is 2.91. The van der Waals surface area contributed by atoms with Crippen LogP contribution in [0.5, 0.6) is 0 Å². The first kappa shape index (κ1) is 11.5. The lowest BCUT2D eigenvalue weighted by atomic mass is 10.1. The highest BCUT2D eigenvalue weighted by Crippen LogP contribution is 2.29. The average Bonchev–Trinajstić information content (AvgIpc) is 2.21. The molecule has 2 aromatic rings. The van der Waals surface area contributed by atoms with Gasteiger partial charge in [-0.2, -0.15) is 0 Å². The summed E-state index contributed by atoms with van der Waals surface area (Å²) in [7, 11) is 0. The minimum absolute atomic E-state index is 0.608. The predicted octanol–water partition coefficient (Wildman–Crippen LogP) is 4.28. The molecule has 2 nitrogen and oxygen atoms in total. The van der Waals surface area contributed by atoms with Crippen molar-refractivity contribution in [1.82, 2.24) is 4.98 Å². The van der Waals surface area contributed by atoms with Gasteiger partial charge in [-0.05, 0) is 37.6 Å². The van der Waals surface area contributed by atoms with Crippen molar-refractivity contribution in [3.63, 3.8) is 0 Å². The van der Waals surface area contributed by atoms with Crippen LogP contribution in [0.3, 0.4) is 0 Å². The molecule has 0 spiro atoms. The number of nitrogens with one attached hydrogen (secondary N) is 1. The summed E-state index contributed by atoms with van der Waals surface area (Å²) in [6.45, 7) is 4.89. The summed E-state index contributed by atoms with van der Waals surface area (Å²) in [6, 6.07) is 5.58. The summed E-state index contributed by atoms with van der Waals surface area (Å²) in [6.07, 6.45) is 0. The number of benzene rings is 1. The molecule has 1 aromatic heterocycles. The van der Waals surface area contributed by atoms with Crippen LogP contribution in [0, 0.1) is 6.92 Å². The normalized spacial score (nSPS) is 10.8. The molecular formula is C12H12Cl2N2. The van der Waals surface area contributed by atoms with E-state index in [2.05, 4.69) is 10.3 Å². The summed E-state index contributed by atoms with van der Waals surface area (Å²) in [4.78, 5) is 4.51. The molecule has 0 aliphatic heterocycles. The van der Waals surface area contributed by atoms with E-state index in [9.17, 15) is 0 Å². The lowest BCUT2D eigenvalue weighted by Crippen LogP contribution is -2.01. The van der Waals surface area contributed by atoms with Crippen molar-refractivity contribution in [3.8, 4) is 0 Å². The van der Waals surface area contributed by atoms with Crippen molar-refractivity contribution in [2.24, 2.45) is 0 Å². The van der Waals surface area contributed by atoms with Gasteiger partial charge in [-0.25, -0.2) is 4.98 Å². The topological polar surface area (TPSA) is 24.9 Å². The van der Waals surface area contributed by atoms with Gasteiger partial charge in [0.05, 0.1) is 10.5 Å². The molecule has 0 fully saturated rings. The lowest BCUT2D eigenvalue weighted by molar-refractivity contribution is 1.16. The van der Waals surface area contributed by atoms with E-state index >= 15 is 0 Å². The maximum atomic E-state index is 6.12. The number of rotatable bonds is 2. The Morgan fingerprint density at radius 3 is 2.69 bits per heavy atom. The molecule has 0 radical (unpaired) electrons. The van der Waals surface area contributed by atoms with Crippen LogP contribution in [-0.4, -0.2) is 11.5 Å². The third kappa shape index (κ3) is 2.08. The SMILES string of the molecule is CCNc1nc2cc(Cl)cc(Cl)c2cc1C. The highest BCUT2D eigenvalue weighted by atomic mass is 35.5. The fourth-order valence-electron chi connectivity index (χ4n) is 1.65. The first-order chi connectivity index (χ1) is 7.61. The van der Waals surface area contributed by atoms with Gasteiger partial charge in [0.2, 0.25) is 0 Å². The van der Waals surface area contributed by atoms with Gasteiger partial charge >= 0.3 is 0 Å². The van der Waals surface area contributed by atoms with Crippen LogP contribution in [0.15, 0.2) is 18.2 Å². The van der Waals surface area contributed by atoms with Crippen LogP contribution in [0.2, 0.25) is 10.0 Å². The minimum atomic E-state index is 0.608. The van der Waals surface area contributed by atoms with Gasteiger partial charge in [0, 0.05) is 17.0 Å². The Kier molecular flexibility index (Phi) is 3.22. The fraction of sp³-hybridized carbons (Fsp3) is 0.250. The summed E-state index contributed by atoms with van der Waals surface area (Å²) in [5.74, 6) is 0.883. The zero-order valence-corrected chi connectivity index (χ0v) is 10.7. The van der Waals surface area contributed by atoms with E-state index in [1.54, 1.807) is 6.07 Å². The van der Waals surface area contributed by atoms with Crippen LogP contribution in [0.25, 0.3) is 10.9 Å². The van der Waals surface area contributed by atoms with Crippen molar-refractivity contribution >= 4 is 39.9 Å². The highest BCUT2D eigenvalue weighted by Gasteiger charge is 2.06. The molecule has 16 heavy (non-hydrogen) atoms. The summed E-state index contributed by atoms with van der Waals surface area (Å²) >= 11 is 12.1. The molecule has 0 unspecified atom stereocenters. The predicted molar refractivity (Wildman–Crippen MR) is 70.7 cm³/mol. The zero-order chi connectivity index (χ0) is 11.7. The van der Waals surface area contributed by atoms with Gasteiger partial charge in [0.1, 0.15) is 5.82 Å². The third-order valence-electron chi connectivity index (χ3n) is 2.38. The molecule has 1 aromatic carbocycles. The molecule has 0 saturated carbocycles. The number of aryl methyl sites for hydroxylation is 1. The molecule has 0 atom stereocenters. The van der Waals surface area contributed by atoms with Crippen LogP contribution < -0.4 is 5.32 Å². The zero-order valence-electron chi connectivity index (χ0n) is 9.14. The van der Waals surface area contributed by atoms with Crippen molar-refractivity contribution in [1.29, 1.82) is 0 Å². The average molecular weight is 255 g/mol. The van der Waals surface area contributed by atoms with E-state index < -0.39 is 0 Å². The number of aromatic nitrogens is 1. The Hall–Kier alpha value is -0.990. The lowest BCUT2D eigenvalue weighted by Gasteiger charge is -2.09. The molecule has 0 saturated heterocycles. The molecule has 84 valence electrons. The maximum Gasteiger partial charge on any atom is 0.129 e. The van der Waals surface area contributed by atoms with Gasteiger partial charge < -0.3 is 5.32 Å². The van der Waals surface area contributed by atoms with Gasteiger partial charge in [0.25, 0.3) is 0 Å². The second kappa shape index (κ2) is 4.48. The monoisotopic (exact) mass is 254 g/mol. The van der Waals surface area contributed by atoms with E-state index in [1.165, 1.54) is 0 Å². The van der Waals surface area contributed by atoms with Crippen LogP contribution in [0.4, 0.5) is 5.82 Å². The van der Waals surface area contributed by atoms with E-state index in [0.717, 1.165) is 28.8 Å². The van der Waals surface area contributed by atoms with Crippen molar-refractivity contribution < 1.29 is 0 Å². The highest BCUT2D eigenvalue weighted by molar-refractivity contribution is 6.38. The van der Waals surface area contributed by atoms with Crippen molar-refractivity contribution in [3.05, 3.63) is 33.8 Å². The largest absolute Gasteiger partial charge is 0.370 e. The molecule has 1 heterocycles. The van der Waals surface area contributed by atoms with E-state index in [0.29, 0.717) is 10.0 Å². The summed E-state index contributed by atoms with van der Waals surface area (Å²) in [5.41, 5.74) is 1.90. The Morgan fingerprint density at radius 1 is 1.25 bits per heavy atom. The molecule has 4 heteroatoms. The second-order valence-corrected chi connectivity index (χ2v) is 4.48. The Balaban J connectivity index is 2.69. The van der Waals surface area contributed by atoms with Crippen LogP contribution >= 0.6 is 23.2 Å². The van der Waals surface area contributed by atoms with Gasteiger partial charge in [-0.15, -0.1) is 0 Å². The Bertz CT molecular complexity index is 538. The van der Waals surface area contributed by atoms with Gasteiger partial charge in [0.15, 0.2) is 0 Å². The van der Waals surface area contributed by atoms with E-state index in [1.807, 2.05) is 26.0 Å². The number of hydrogen-bond donors (Lipinski definition) is 1. The number of pyridine rings is 1.